The van der Waals surface area contributed by atoms with Crippen molar-refractivity contribution in [1.82, 2.24) is 14.7 Å². The van der Waals surface area contributed by atoms with Crippen molar-refractivity contribution in [1.29, 1.82) is 0 Å². The van der Waals surface area contributed by atoms with Crippen LogP contribution in [0.15, 0.2) is 41.4 Å². The van der Waals surface area contributed by atoms with Gasteiger partial charge in [0.1, 0.15) is 17.3 Å². The number of fused-ring (bicyclic) bond motifs is 1. The summed E-state index contributed by atoms with van der Waals surface area (Å²) in [5, 5.41) is 3.29. The number of pyridine rings is 1. The van der Waals surface area contributed by atoms with Crippen LogP contribution in [0.3, 0.4) is 0 Å². The molecule has 22 heavy (non-hydrogen) atoms. The number of nitrogens with two attached hydrogens (primary N) is 2. The van der Waals surface area contributed by atoms with E-state index in [0.29, 0.717) is 17.2 Å². The Morgan fingerprint density at radius 3 is 2.82 bits per heavy atom. The lowest BCUT2D eigenvalue weighted by molar-refractivity contribution is 0.140. The van der Waals surface area contributed by atoms with Gasteiger partial charge in [-0.25, -0.2) is 14.4 Å². The van der Waals surface area contributed by atoms with Crippen LogP contribution in [-0.4, -0.2) is 15.2 Å². The van der Waals surface area contributed by atoms with E-state index >= 15 is 0 Å². The molecule has 2 aromatic heterocycles. The Bertz CT molecular complexity index is 803. The Morgan fingerprint density at radius 2 is 2.14 bits per heavy atom. The number of nitrogens with one attached hydrogen (secondary N) is 1. The molecule has 7 heteroatoms. The Hall–Kier alpha value is -2.57. The summed E-state index contributed by atoms with van der Waals surface area (Å²) in [5.41, 5.74) is 12.9. The molecule has 0 saturated heterocycles. The third-order valence-corrected chi connectivity index (χ3v) is 4.60. The first-order chi connectivity index (χ1) is 10.6. The molecular weight excluding hydrogens is 283 g/mol. The van der Waals surface area contributed by atoms with Gasteiger partial charge < -0.3 is 16.8 Å². The highest BCUT2D eigenvalue weighted by molar-refractivity contribution is 5.96. The second-order valence-electron chi connectivity index (χ2n) is 5.85. The van der Waals surface area contributed by atoms with E-state index in [0.717, 1.165) is 25.0 Å². The maximum atomic E-state index is 13.7. The van der Waals surface area contributed by atoms with E-state index in [1.165, 1.54) is 12.3 Å². The fraction of sp³-hybridized carbons (Fsp3) is 0.333. The minimum Gasteiger partial charge on any atom is -0.395 e. The van der Waals surface area contributed by atoms with Crippen molar-refractivity contribution in [3.05, 3.63) is 47.9 Å². The number of halogens is 1. The predicted octanol–water partition coefficient (Wildman–Crippen LogP) is 1.19. The molecule has 5 N–H and O–H groups in total. The lowest BCUT2D eigenvalue weighted by Gasteiger charge is -2.44. The van der Waals surface area contributed by atoms with Crippen molar-refractivity contribution >= 4 is 11.5 Å². The Balaban J connectivity index is 1.93. The summed E-state index contributed by atoms with van der Waals surface area (Å²) in [7, 11) is 0. The van der Waals surface area contributed by atoms with Crippen molar-refractivity contribution in [2.24, 2.45) is 22.4 Å². The number of rotatable bonds is 2. The van der Waals surface area contributed by atoms with E-state index < -0.39 is 5.66 Å². The quantitative estimate of drug-likeness (QED) is 0.776. The third kappa shape index (κ3) is 1.71. The normalized spacial score (nSPS) is 25.3. The second-order valence-corrected chi connectivity index (χ2v) is 5.85. The second kappa shape index (κ2) is 4.46. The molecule has 0 aromatic carbocycles. The molecule has 1 saturated carbocycles. The lowest BCUT2D eigenvalue weighted by Crippen LogP contribution is -2.52. The minimum atomic E-state index is -0.738. The predicted molar refractivity (Wildman–Crippen MR) is 81.2 cm³/mol. The zero-order valence-electron chi connectivity index (χ0n) is 12.0. The lowest BCUT2D eigenvalue weighted by atomic mass is 9.74. The molecule has 0 amide bonds. The Labute approximate surface area is 126 Å². The van der Waals surface area contributed by atoms with Crippen LogP contribution < -0.4 is 16.8 Å². The topological polar surface area (TPSA) is 93.7 Å². The number of imidazole rings is 1. The summed E-state index contributed by atoms with van der Waals surface area (Å²) in [6, 6.07) is 3.04. The molecule has 1 fully saturated rings. The maximum Gasteiger partial charge on any atom is 0.177 e. The molecule has 2 aliphatic rings. The number of hydrogen-bond donors (Lipinski definition) is 3. The van der Waals surface area contributed by atoms with Crippen LogP contribution in [0, 0.1) is 11.7 Å². The molecule has 1 aliphatic heterocycles. The first-order valence-corrected chi connectivity index (χ1v) is 7.32. The van der Waals surface area contributed by atoms with E-state index in [9.17, 15) is 4.39 Å². The van der Waals surface area contributed by atoms with Crippen LogP contribution in [0.1, 0.15) is 25.0 Å². The van der Waals surface area contributed by atoms with E-state index in [1.807, 2.05) is 0 Å². The third-order valence-electron chi connectivity index (χ3n) is 4.60. The van der Waals surface area contributed by atoms with Gasteiger partial charge in [0.05, 0.1) is 17.6 Å². The molecule has 1 aliphatic carbocycles. The highest BCUT2D eigenvalue weighted by Crippen LogP contribution is 2.44. The molecular formula is C15H17FN6. The molecule has 3 heterocycles. The number of nitrogens with zero attached hydrogens (tertiary/aromatic N) is 3. The van der Waals surface area contributed by atoms with Gasteiger partial charge in [0.25, 0.3) is 0 Å². The van der Waals surface area contributed by atoms with Gasteiger partial charge in [-0.2, -0.15) is 0 Å². The minimum absolute atomic E-state index is 0.276. The molecule has 114 valence electrons. The van der Waals surface area contributed by atoms with E-state index in [1.54, 1.807) is 22.9 Å². The van der Waals surface area contributed by atoms with Gasteiger partial charge in [-0.05, 0) is 25.0 Å². The summed E-state index contributed by atoms with van der Waals surface area (Å²) >= 11 is 0. The number of amidine groups is 1. The van der Waals surface area contributed by atoms with E-state index in [4.69, 9.17) is 11.5 Å². The summed E-state index contributed by atoms with van der Waals surface area (Å²) in [4.78, 5) is 9.00. The standard InChI is InChI=1S/C15H17FN6/c16-10-4-5-13-19-7-12(22(13)8-10)15(9-2-1-3-9)20-6-11(17)14(18)21-15/h4-9,20H,1-3,17H2,(H2,18,21). The maximum absolute atomic E-state index is 13.7. The highest BCUT2D eigenvalue weighted by Gasteiger charge is 2.46. The molecule has 0 radical (unpaired) electrons. The smallest absolute Gasteiger partial charge is 0.177 e. The number of aliphatic imine (C=N–C) groups is 1. The van der Waals surface area contributed by atoms with Gasteiger partial charge in [-0.3, -0.25) is 4.40 Å². The van der Waals surface area contributed by atoms with Crippen molar-refractivity contribution < 1.29 is 4.39 Å². The molecule has 1 atom stereocenters. The molecule has 0 spiro atoms. The zero-order valence-corrected chi connectivity index (χ0v) is 12.0. The average molecular weight is 300 g/mol. The SMILES string of the molecule is NC1=CNC(c2cnc3ccc(F)cn23)(C2CCC2)N=C1N. The summed E-state index contributed by atoms with van der Waals surface area (Å²) in [5.74, 6) is 0.258. The molecule has 4 rings (SSSR count). The fourth-order valence-electron chi connectivity index (χ4n) is 3.16. The van der Waals surface area contributed by atoms with Crippen LogP contribution >= 0.6 is 0 Å². The molecule has 1 unspecified atom stereocenters. The van der Waals surface area contributed by atoms with Gasteiger partial charge in [-0.15, -0.1) is 0 Å². The Kier molecular flexibility index (Phi) is 2.66. The average Bonchev–Trinajstić information content (AvgIpc) is 2.84. The number of hydrogen-bond acceptors (Lipinski definition) is 5. The molecule has 2 aromatic rings. The van der Waals surface area contributed by atoms with Gasteiger partial charge in [0.15, 0.2) is 5.66 Å². The fourth-order valence-corrected chi connectivity index (χ4v) is 3.16. The van der Waals surface area contributed by atoms with Crippen molar-refractivity contribution in [3.8, 4) is 0 Å². The van der Waals surface area contributed by atoms with Gasteiger partial charge >= 0.3 is 0 Å². The Morgan fingerprint density at radius 1 is 1.32 bits per heavy atom. The van der Waals surface area contributed by atoms with Crippen LogP contribution in [0.5, 0.6) is 0 Å². The first kappa shape index (κ1) is 13.1. The summed E-state index contributed by atoms with van der Waals surface area (Å²) in [6.07, 6.45) is 8.03. The zero-order chi connectivity index (χ0) is 15.3. The molecule has 0 bridgehead atoms. The van der Waals surface area contributed by atoms with E-state index in [2.05, 4.69) is 15.3 Å². The highest BCUT2D eigenvalue weighted by atomic mass is 19.1. The van der Waals surface area contributed by atoms with Gasteiger partial charge in [0.2, 0.25) is 0 Å². The van der Waals surface area contributed by atoms with Crippen LogP contribution in [0.25, 0.3) is 5.65 Å². The van der Waals surface area contributed by atoms with Gasteiger partial charge in [0, 0.05) is 18.3 Å². The van der Waals surface area contributed by atoms with Crippen molar-refractivity contribution in [2.45, 2.75) is 24.9 Å². The largest absolute Gasteiger partial charge is 0.395 e. The van der Waals surface area contributed by atoms with E-state index in [-0.39, 0.29) is 11.7 Å². The van der Waals surface area contributed by atoms with Crippen molar-refractivity contribution in [2.75, 3.05) is 0 Å². The summed E-state index contributed by atoms with van der Waals surface area (Å²) in [6.45, 7) is 0. The van der Waals surface area contributed by atoms with Crippen LogP contribution in [0.4, 0.5) is 4.39 Å². The van der Waals surface area contributed by atoms with Crippen LogP contribution in [-0.2, 0) is 5.66 Å². The molecule has 6 nitrogen and oxygen atoms in total. The first-order valence-electron chi connectivity index (χ1n) is 7.32. The van der Waals surface area contributed by atoms with Crippen molar-refractivity contribution in [3.63, 3.8) is 0 Å². The summed E-state index contributed by atoms with van der Waals surface area (Å²) < 4.78 is 15.4. The van der Waals surface area contributed by atoms with Gasteiger partial charge in [-0.1, -0.05) is 6.42 Å². The number of aromatic nitrogens is 2. The van der Waals surface area contributed by atoms with Crippen LogP contribution in [0.2, 0.25) is 0 Å². The monoisotopic (exact) mass is 300 g/mol.